The molecule has 3 rings (SSSR count). The first-order valence-electron chi connectivity index (χ1n) is 10.5. The Hall–Kier alpha value is -2.70. The van der Waals surface area contributed by atoms with Crippen LogP contribution >= 0.6 is 0 Å². The summed E-state index contributed by atoms with van der Waals surface area (Å²) in [6.45, 7) is 4.20. The number of guanidine groups is 1. The summed E-state index contributed by atoms with van der Waals surface area (Å²) in [5, 5.41) is 10.9. The number of aromatic nitrogens is 2. The lowest BCUT2D eigenvalue weighted by Crippen LogP contribution is -2.38. The van der Waals surface area contributed by atoms with Gasteiger partial charge in [0.15, 0.2) is 17.5 Å². The molecular formula is C22H33N5O2. The number of aliphatic imine (C=N–C) groups is 1. The van der Waals surface area contributed by atoms with E-state index in [9.17, 15) is 0 Å². The van der Waals surface area contributed by atoms with Crippen molar-refractivity contribution in [2.75, 3.05) is 20.2 Å². The van der Waals surface area contributed by atoms with E-state index < -0.39 is 0 Å². The molecule has 1 fully saturated rings. The van der Waals surface area contributed by atoms with Crippen molar-refractivity contribution >= 4 is 5.96 Å². The first-order valence-corrected chi connectivity index (χ1v) is 10.5. The second-order valence-corrected chi connectivity index (χ2v) is 7.37. The summed E-state index contributed by atoms with van der Waals surface area (Å²) in [5.74, 6) is 2.40. The molecule has 0 radical (unpaired) electrons. The molecule has 1 aromatic heterocycles. The number of methoxy groups -OCH3 is 1. The number of para-hydroxylation sites is 1. The van der Waals surface area contributed by atoms with Crippen LogP contribution in [0.25, 0.3) is 0 Å². The van der Waals surface area contributed by atoms with Crippen molar-refractivity contribution in [3.8, 4) is 11.5 Å². The molecule has 29 heavy (non-hydrogen) atoms. The van der Waals surface area contributed by atoms with Crippen LogP contribution in [-0.2, 0) is 20.0 Å². The molecule has 0 unspecified atom stereocenters. The van der Waals surface area contributed by atoms with E-state index in [2.05, 4.69) is 28.7 Å². The quantitative estimate of drug-likeness (QED) is 0.501. The zero-order valence-electron chi connectivity index (χ0n) is 17.8. The average Bonchev–Trinajstić information content (AvgIpc) is 3.38. The van der Waals surface area contributed by atoms with Crippen molar-refractivity contribution in [2.45, 2.75) is 51.7 Å². The van der Waals surface area contributed by atoms with Crippen LogP contribution in [-0.4, -0.2) is 42.0 Å². The van der Waals surface area contributed by atoms with E-state index in [0.717, 1.165) is 55.4 Å². The molecule has 0 spiro atoms. The molecule has 7 nitrogen and oxygen atoms in total. The molecule has 1 aliphatic rings. The standard InChI is InChI=1S/C22H33N5O2/c1-4-23-22(24-13-12-17-14-26-27(2)16-17)25-15-18-8-7-11-20(28-3)21(18)29-19-9-5-6-10-19/h7-8,11,14,16,19H,4-6,9-10,12-13,15H2,1-3H3,(H2,23,24,25). The van der Waals surface area contributed by atoms with Gasteiger partial charge in [-0.3, -0.25) is 4.68 Å². The van der Waals surface area contributed by atoms with Crippen molar-refractivity contribution in [2.24, 2.45) is 12.0 Å². The van der Waals surface area contributed by atoms with Gasteiger partial charge in [-0.25, -0.2) is 4.99 Å². The van der Waals surface area contributed by atoms with E-state index in [4.69, 9.17) is 14.5 Å². The normalized spacial score (nSPS) is 14.8. The summed E-state index contributed by atoms with van der Waals surface area (Å²) in [6.07, 6.45) is 9.80. The fraction of sp³-hybridized carbons (Fsp3) is 0.545. The molecule has 0 saturated heterocycles. The minimum atomic E-state index is 0.278. The van der Waals surface area contributed by atoms with Gasteiger partial charge < -0.3 is 20.1 Å². The van der Waals surface area contributed by atoms with Gasteiger partial charge in [-0.05, 0) is 50.7 Å². The second kappa shape index (κ2) is 10.7. The molecule has 1 aliphatic carbocycles. The molecule has 1 heterocycles. The molecule has 0 bridgehead atoms. The van der Waals surface area contributed by atoms with Crippen molar-refractivity contribution in [1.82, 2.24) is 20.4 Å². The Labute approximate surface area is 173 Å². The Morgan fingerprint density at radius 3 is 2.79 bits per heavy atom. The molecule has 158 valence electrons. The summed E-state index contributed by atoms with van der Waals surface area (Å²) in [7, 11) is 3.62. The first kappa shape index (κ1) is 21.0. The summed E-state index contributed by atoms with van der Waals surface area (Å²) in [5.41, 5.74) is 2.25. The fourth-order valence-electron chi connectivity index (χ4n) is 3.59. The number of nitrogens with one attached hydrogen (secondary N) is 2. The zero-order chi connectivity index (χ0) is 20.5. The number of ether oxygens (including phenoxy) is 2. The summed E-state index contributed by atoms with van der Waals surface area (Å²) in [6, 6.07) is 6.01. The predicted octanol–water partition coefficient (Wildman–Crippen LogP) is 3.05. The Bertz CT molecular complexity index is 796. The zero-order valence-corrected chi connectivity index (χ0v) is 17.8. The monoisotopic (exact) mass is 399 g/mol. The van der Waals surface area contributed by atoms with Crippen molar-refractivity contribution in [3.63, 3.8) is 0 Å². The number of benzene rings is 1. The molecular weight excluding hydrogens is 366 g/mol. The van der Waals surface area contributed by atoms with Crippen LogP contribution in [0, 0.1) is 0 Å². The lowest BCUT2D eigenvalue weighted by molar-refractivity contribution is 0.198. The predicted molar refractivity (Wildman–Crippen MR) is 116 cm³/mol. The van der Waals surface area contributed by atoms with E-state index in [1.54, 1.807) is 7.11 Å². The number of hydrogen-bond acceptors (Lipinski definition) is 4. The van der Waals surface area contributed by atoms with Crippen molar-refractivity contribution < 1.29 is 9.47 Å². The van der Waals surface area contributed by atoms with Crippen LogP contribution in [0.5, 0.6) is 11.5 Å². The molecule has 2 N–H and O–H groups in total. The largest absolute Gasteiger partial charge is 0.493 e. The molecule has 1 aromatic carbocycles. The van der Waals surface area contributed by atoms with Crippen LogP contribution in [0.2, 0.25) is 0 Å². The SMILES string of the molecule is CCNC(=NCc1cccc(OC)c1OC1CCCC1)NCCc1cnn(C)c1. The van der Waals surface area contributed by atoms with E-state index in [-0.39, 0.29) is 6.10 Å². The highest BCUT2D eigenvalue weighted by Gasteiger charge is 2.20. The third-order valence-electron chi connectivity index (χ3n) is 5.08. The number of rotatable bonds is 9. The van der Waals surface area contributed by atoms with Crippen LogP contribution in [0.1, 0.15) is 43.7 Å². The topological polar surface area (TPSA) is 72.7 Å². The molecule has 0 atom stereocenters. The highest BCUT2D eigenvalue weighted by molar-refractivity contribution is 5.79. The maximum absolute atomic E-state index is 6.32. The van der Waals surface area contributed by atoms with Gasteiger partial charge in [-0.2, -0.15) is 5.10 Å². The van der Waals surface area contributed by atoms with E-state index in [1.807, 2.05) is 36.3 Å². The van der Waals surface area contributed by atoms with Crippen LogP contribution in [0.15, 0.2) is 35.6 Å². The highest BCUT2D eigenvalue weighted by Crippen LogP contribution is 2.35. The first-order chi connectivity index (χ1) is 14.2. The van der Waals surface area contributed by atoms with Gasteiger partial charge in [-0.1, -0.05) is 12.1 Å². The van der Waals surface area contributed by atoms with E-state index in [0.29, 0.717) is 6.54 Å². The minimum absolute atomic E-state index is 0.278. The third kappa shape index (κ3) is 6.14. The van der Waals surface area contributed by atoms with Gasteiger partial charge in [0.05, 0.1) is 26.0 Å². The Balaban J connectivity index is 1.65. The smallest absolute Gasteiger partial charge is 0.191 e. The third-order valence-corrected chi connectivity index (χ3v) is 5.08. The second-order valence-electron chi connectivity index (χ2n) is 7.37. The fourth-order valence-corrected chi connectivity index (χ4v) is 3.59. The minimum Gasteiger partial charge on any atom is -0.493 e. The number of nitrogens with zero attached hydrogens (tertiary/aromatic N) is 3. The van der Waals surface area contributed by atoms with Gasteiger partial charge in [0.1, 0.15) is 0 Å². The summed E-state index contributed by atoms with van der Waals surface area (Å²) >= 11 is 0. The molecule has 7 heteroatoms. The number of hydrogen-bond donors (Lipinski definition) is 2. The Morgan fingerprint density at radius 1 is 1.28 bits per heavy atom. The van der Waals surface area contributed by atoms with Gasteiger partial charge in [0.25, 0.3) is 0 Å². The Morgan fingerprint density at radius 2 is 2.10 bits per heavy atom. The Kier molecular flexibility index (Phi) is 7.78. The van der Waals surface area contributed by atoms with Crippen LogP contribution in [0.4, 0.5) is 0 Å². The average molecular weight is 400 g/mol. The van der Waals surface area contributed by atoms with Gasteiger partial charge in [0, 0.05) is 31.9 Å². The summed E-state index contributed by atoms with van der Waals surface area (Å²) < 4.78 is 13.7. The lowest BCUT2D eigenvalue weighted by atomic mass is 10.1. The molecule has 2 aromatic rings. The van der Waals surface area contributed by atoms with Crippen molar-refractivity contribution in [1.29, 1.82) is 0 Å². The molecule has 0 amide bonds. The van der Waals surface area contributed by atoms with Gasteiger partial charge in [0.2, 0.25) is 0 Å². The lowest BCUT2D eigenvalue weighted by Gasteiger charge is -2.19. The summed E-state index contributed by atoms with van der Waals surface area (Å²) in [4.78, 5) is 4.77. The van der Waals surface area contributed by atoms with E-state index in [1.165, 1.54) is 18.4 Å². The number of aryl methyl sites for hydroxylation is 1. The van der Waals surface area contributed by atoms with Crippen LogP contribution in [0.3, 0.4) is 0 Å². The molecule has 0 aliphatic heterocycles. The van der Waals surface area contributed by atoms with Crippen molar-refractivity contribution in [3.05, 3.63) is 41.7 Å². The van der Waals surface area contributed by atoms with Gasteiger partial charge >= 0.3 is 0 Å². The van der Waals surface area contributed by atoms with E-state index >= 15 is 0 Å². The maximum Gasteiger partial charge on any atom is 0.191 e. The van der Waals surface area contributed by atoms with Crippen LogP contribution < -0.4 is 20.1 Å². The van der Waals surface area contributed by atoms with Gasteiger partial charge in [-0.15, -0.1) is 0 Å². The maximum atomic E-state index is 6.32. The highest BCUT2D eigenvalue weighted by atomic mass is 16.5. The molecule has 1 saturated carbocycles.